The molecule has 7 nitrogen and oxygen atoms in total. The highest BCUT2D eigenvalue weighted by Crippen LogP contribution is 2.61. The van der Waals surface area contributed by atoms with Gasteiger partial charge in [-0.25, -0.2) is 0 Å². The number of benzene rings is 1. The molecular formula is C30H33Cl3F3N3O4. The monoisotopic (exact) mass is 661 g/mol. The maximum absolute atomic E-state index is 14.6. The molecule has 1 amide bonds. The van der Waals surface area contributed by atoms with Crippen molar-refractivity contribution in [1.29, 1.82) is 0 Å². The van der Waals surface area contributed by atoms with E-state index in [1.807, 2.05) is 0 Å². The Hall–Kier alpha value is -2.30. The Labute approximate surface area is 262 Å². The number of fused-ring (bicyclic) bond motifs is 2. The van der Waals surface area contributed by atoms with Crippen LogP contribution in [0, 0.1) is 16.2 Å². The molecule has 43 heavy (non-hydrogen) atoms. The normalized spacial score (nSPS) is 28.7. The summed E-state index contributed by atoms with van der Waals surface area (Å²) in [5, 5.41) is 13.8. The van der Waals surface area contributed by atoms with Crippen molar-refractivity contribution in [1.82, 2.24) is 14.7 Å². The number of hydrogen-bond donors (Lipinski definition) is 1. The van der Waals surface area contributed by atoms with Crippen LogP contribution in [0.1, 0.15) is 104 Å². The number of nitrogens with zero attached hydrogens (tertiary/aromatic N) is 3. The molecule has 3 fully saturated rings. The van der Waals surface area contributed by atoms with Crippen molar-refractivity contribution in [2.75, 3.05) is 13.1 Å². The van der Waals surface area contributed by atoms with Gasteiger partial charge in [0.2, 0.25) is 0 Å². The van der Waals surface area contributed by atoms with E-state index in [0.29, 0.717) is 0 Å². The average Bonchev–Trinajstić information content (AvgIpc) is 3.58. The second-order valence-electron chi connectivity index (χ2n) is 13.3. The van der Waals surface area contributed by atoms with Crippen LogP contribution in [-0.2, 0) is 11.0 Å². The molecule has 0 atom stereocenters. The van der Waals surface area contributed by atoms with Gasteiger partial charge in [0, 0.05) is 11.6 Å². The molecule has 0 aliphatic heterocycles. The molecule has 1 aromatic carbocycles. The van der Waals surface area contributed by atoms with Crippen molar-refractivity contribution in [3.63, 3.8) is 0 Å². The van der Waals surface area contributed by atoms with Crippen LogP contribution in [0.4, 0.5) is 13.2 Å². The Bertz CT molecular complexity index is 1440. The van der Waals surface area contributed by atoms with Gasteiger partial charge in [-0.1, -0.05) is 41.7 Å². The number of carbonyl (C=O) groups is 3. The first-order chi connectivity index (χ1) is 20.0. The van der Waals surface area contributed by atoms with Crippen molar-refractivity contribution in [2.24, 2.45) is 16.2 Å². The Morgan fingerprint density at radius 3 is 2.09 bits per heavy atom. The fourth-order valence-electron chi connectivity index (χ4n) is 7.47. The number of halogens is 6. The van der Waals surface area contributed by atoms with E-state index in [1.54, 1.807) is 6.92 Å². The summed E-state index contributed by atoms with van der Waals surface area (Å²) in [6, 6.07) is 1.96. The van der Waals surface area contributed by atoms with Crippen molar-refractivity contribution in [3.05, 3.63) is 50.2 Å². The van der Waals surface area contributed by atoms with Crippen LogP contribution in [-0.4, -0.2) is 50.5 Å². The molecule has 3 aliphatic carbocycles. The molecule has 1 N–H and O–H groups in total. The van der Waals surface area contributed by atoms with Gasteiger partial charge >= 0.3 is 12.1 Å². The zero-order valence-electron chi connectivity index (χ0n) is 23.9. The summed E-state index contributed by atoms with van der Waals surface area (Å²) in [6.07, 6.45) is 0.996. The van der Waals surface area contributed by atoms with Crippen LogP contribution >= 0.6 is 34.8 Å². The van der Waals surface area contributed by atoms with Crippen molar-refractivity contribution in [2.45, 2.75) is 83.9 Å². The minimum Gasteiger partial charge on any atom is -0.481 e. The number of carbonyl (C=O) groups excluding carboxylic acids is 2. The highest BCUT2D eigenvalue weighted by atomic mass is 35.5. The number of carboxylic acid groups (broad SMARTS) is 1. The molecule has 1 heterocycles. The number of alkyl halides is 3. The van der Waals surface area contributed by atoms with Crippen molar-refractivity contribution < 1.29 is 32.7 Å². The second kappa shape index (κ2) is 11.2. The SMILES string of the molecule is CC12CCC(CN(CC(=O)c3c(Cl)cc(Cl)cc3Cl)C(=O)c3cnn(C4CCC(C)(C(=O)O)CC4)c3C(F)(F)F)(CC1)C2. The third-order valence-electron chi connectivity index (χ3n) is 9.97. The number of Topliss-reactive ketones (excluding diaryl/α,β-unsaturated/α-hetero) is 1. The Kier molecular flexibility index (Phi) is 8.40. The lowest BCUT2D eigenvalue weighted by molar-refractivity contribution is -0.152. The van der Waals surface area contributed by atoms with Crippen LogP contribution in [0.25, 0.3) is 0 Å². The molecule has 3 aliphatic rings. The van der Waals surface area contributed by atoms with E-state index in [4.69, 9.17) is 34.8 Å². The molecule has 2 aromatic rings. The molecule has 0 radical (unpaired) electrons. The largest absolute Gasteiger partial charge is 0.481 e. The zero-order valence-corrected chi connectivity index (χ0v) is 26.1. The van der Waals surface area contributed by atoms with Gasteiger partial charge in [0.05, 0.1) is 45.4 Å². The molecule has 2 bridgehead atoms. The van der Waals surface area contributed by atoms with E-state index < -0.39 is 53.1 Å². The lowest BCUT2D eigenvalue weighted by Crippen LogP contribution is -2.43. The van der Waals surface area contributed by atoms with Crippen LogP contribution in [0.3, 0.4) is 0 Å². The first-order valence-electron chi connectivity index (χ1n) is 14.3. The number of ketones is 1. The molecule has 0 saturated heterocycles. The third kappa shape index (κ3) is 6.16. The molecule has 0 unspecified atom stereocenters. The van der Waals surface area contributed by atoms with Gasteiger partial charge in [0.15, 0.2) is 11.5 Å². The Balaban J connectivity index is 1.49. The molecule has 3 saturated carbocycles. The third-order valence-corrected chi connectivity index (χ3v) is 10.8. The zero-order chi connectivity index (χ0) is 31.5. The minimum absolute atomic E-state index is 0.0168. The summed E-state index contributed by atoms with van der Waals surface area (Å²) in [5.41, 5.74) is -3.12. The smallest absolute Gasteiger partial charge is 0.433 e. The Morgan fingerprint density at radius 2 is 1.60 bits per heavy atom. The quantitative estimate of drug-likeness (QED) is 0.287. The minimum atomic E-state index is -4.93. The molecule has 13 heteroatoms. The van der Waals surface area contributed by atoms with Gasteiger partial charge in [-0.2, -0.15) is 18.3 Å². The molecule has 5 rings (SSSR count). The van der Waals surface area contributed by atoms with E-state index in [-0.39, 0.29) is 63.7 Å². The van der Waals surface area contributed by atoms with Crippen LogP contribution in [0.15, 0.2) is 18.3 Å². The summed E-state index contributed by atoms with van der Waals surface area (Å²) in [7, 11) is 0. The number of aliphatic carboxylic acids is 1. The first kappa shape index (κ1) is 32.1. The van der Waals surface area contributed by atoms with Gasteiger partial charge in [-0.15, -0.1) is 0 Å². The summed E-state index contributed by atoms with van der Waals surface area (Å²) < 4.78 is 44.7. The maximum Gasteiger partial charge on any atom is 0.433 e. The maximum atomic E-state index is 14.6. The highest BCUT2D eigenvalue weighted by molar-refractivity contribution is 6.42. The van der Waals surface area contributed by atoms with Gasteiger partial charge < -0.3 is 10.0 Å². The fraction of sp³-hybridized carbons (Fsp3) is 0.600. The Morgan fingerprint density at radius 1 is 1.02 bits per heavy atom. The average molecular weight is 663 g/mol. The van der Waals surface area contributed by atoms with Crippen LogP contribution in [0.5, 0.6) is 0 Å². The van der Waals surface area contributed by atoms with Crippen molar-refractivity contribution in [3.8, 4) is 0 Å². The first-order valence-corrected chi connectivity index (χ1v) is 15.4. The van der Waals surface area contributed by atoms with E-state index in [1.165, 1.54) is 17.0 Å². The standard InChI is InChI=1S/C30H33Cl3F3N3O4/c1-27-7-9-29(15-27,10-8-27)16-38(14-22(40)23-20(32)11-17(31)12-21(23)33)25(41)19-13-37-39(24(19)30(34,35)36)18-3-5-28(2,6-4-18)26(42)43/h11-13,18H,3-10,14-16H2,1-2H3,(H,42,43). The number of rotatable bonds is 8. The summed E-state index contributed by atoms with van der Waals surface area (Å²) in [4.78, 5) is 40.5. The predicted octanol–water partition coefficient (Wildman–Crippen LogP) is 8.36. The van der Waals surface area contributed by atoms with Gasteiger partial charge in [-0.3, -0.25) is 19.1 Å². The van der Waals surface area contributed by atoms with E-state index in [2.05, 4.69) is 12.0 Å². The molecule has 0 spiro atoms. The topological polar surface area (TPSA) is 92.5 Å². The second-order valence-corrected chi connectivity index (χ2v) is 14.5. The van der Waals surface area contributed by atoms with Gasteiger partial charge in [0.25, 0.3) is 5.91 Å². The number of amides is 1. The van der Waals surface area contributed by atoms with Crippen LogP contribution < -0.4 is 0 Å². The summed E-state index contributed by atoms with van der Waals surface area (Å²) in [5.74, 6) is -2.56. The van der Waals surface area contributed by atoms with Gasteiger partial charge in [-0.05, 0) is 87.7 Å². The summed E-state index contributed by atoms with van der Waals surface area (Å²) >= 11 is 18.6. The van der Waals surface area contributed by atoms with Gasteiger partial charge in [0.1, 0.15) is 0 Å². The summed E-state index contributed by atoms with van der Waals surface area (Å²) in [6.45, 7) is 3.34. The molecule has 1 aromatic heterocycles. The predicted molar refractivity (Wildman–Crippen MR) is 156 cm³/mol. The highest BCUT2D eigenvalue weighted by Gasteiger charge is 2.53. The van der Waals surface area contributed by atoms with E-state index in [9.17, 15) is 32.7 Å². The number of carboxylic acids is 1. The van der Waals surface area contributed by atoms with Crippen molar-refractivity contribution >= 4 is 52.5 Å². The van der Waals surface area contributed by atoms with Crippen LogP contribution in [0.2, 0.25) is 15.1 Å². The number of aromatic nitrogens is 2. The lowest BCUT2D eigenvalue weighted by Gasteiger charge is -2.35. The fourth-order valence-corrected chi connectivity index (χ4v) is 8.50. The van der Waals surface area contributed by atoms with E-state index in [0.717, 1.165) is 43.0 Å². The lowest BCUT2D eigenvalue weighted by atomic mass is 9.74. The molecule has 234 valence electrons. The number of hydrogen-bond acceptors (Lipinski definition) is 4. The molecular weight excluding hydrogens is 630 g/mol. The van der Waals surface area contributed by atoms with E-state index >= 15 is 0 Å².